The minimum absolute atomic E-state index is 0.358. The Morgan fingerprint density at radius 2 is 1.95 bits per heavy atom. The molecular formula is C17H13BrClNO. The highest BCUT2D eigenvalue weighted by atomic mass is 79.9. The van der Waals surface area contributed by atoms with Crippen molar-refractivity contribution in [2.24, 2.45) is 0 Å². The second-order valence-corrected chi connectivity index (χ2v) is 5.94. The zero-order chi connectivity index (χ0) is 14.8. The smallest absolute Gasteiger partial charge is 0.224 e. The summed E-state index contributed by atoms with van der Waals surface area (Å²) in [5.41, 5.74) is 2.94. The van der Waals surface area contributed by atoms with Crippen molar-refractivity contribution in [3.05, 3.63) is 64.1 Å². The van der Waals surface area contributed by atoms with Gasteiger partial charge in [0.15, 0.2) is 0 Å². The molecule has 3 aromatic rings. The van der Waals surface area contributed by atoms with E-state index in [0.717, 1.165) is 26.7 Å². The maximum absolute atomic E-state index is 6.03. The van der Waals surface area contributed by atoms with Crippen molar-refractivity contribution in [1.29, 1.82) is 0 Å². The predicted octanol–water partition coefficient (Wildman–Crippen LogP) is 5.84. The topological polar surface area (TPSA) is 22.1 Å². The van der Waals surface area contributed by atoms with Crippen LogP contribution in [0.2, 0.25) is 0 Å². The number of alkyl halides is 1. The monoisotopic (exact) mass is 361 g/mol. The van der Waals surface area contributed by atoms with Crippen LogP contribution in [0.1, 0.15) is 11.1 Å². The molecule has 0 radical (unpaired) electrons. The highest BCUT2D eigenvalue weighted by Gasteiger charge is 2.10. The molecule has 3 rings (SSSR count). The molecule has 0 aliphatic rings. The van der Waals surface area contributed by atoms with E-state index in [1.165, 1.54) is 5.56 Å². The minimum Gasteiger partial charge on any atom is -0.437 e. The number of aryl methyl sites for hydroxylation is 1. The van der Waals surface area contributed by atoms with Crippen LogP contribution in [0.5, 0.6) is 11.6 Å². The Morgan fingerprint density at radius 3 is 2.71 bits per heavy atom. The summed E-state index contributed by atoms with van der Waals surface area (Å²) in [5.74, 6) is 1.64. The fourth-order valence-corrected chi connectivity index (χ4v) is 2.88. The lowest BCUT2D eigenvalue weighted by Gasteiger charge is -2.11. The second kappa shape index (κ2) is 6.04. The lowest BCUT2D eigenvalue weighted by molar-refractivity contribution is 0.457. The van der Waals surface area contributed by atoms with E-state index in [2.05, 4.69) is 20.9 Å². The van der Waals surface area contributed by atoms with E-state index in [9.17, 15) is 0 Å². The van der Waals surface area contributed by atoms with Gasteiger partial charge in [0.2, 0.25) is 5.88 Å². The van der Waals surface area contributed by atoms with E-state index in [1.807, 2.05) is 55.5 Å². The number of rotatable bonds is 3. The van der Waals surface area contributed by atoms with Crippen LogP contribution in [0.25, 0.3) is 10.9 Å². The van der Waals surface area contributed by atoms with Gasteiger partial charge in [0.05, 0.1) is 15.9 Å². The Morgan fingerprint density at radius 1 is 1.14 bits per heavy atom. The molecule has 21 heavy (non-hydrogen) atoms. The number of ether oxygens (including phenoxy) is 1. The number of nitrogens with zero attached hydrogens (tertiary/aromatic N) is 1. The molecule has 1 aromatic heterocycles. The molecule has 0 amide bonds. The number of fused-ring (bicyclic) bond motifs is 1. The van der Waals surface area contributed by atoms with Crippen molar-refractivity contribution in [2.75, 3.05) is 0 Å². The second-order valence-electron chi connectivity index (χ2n) is 4.81. The van der Waals surface area contributed by atoms with Gasteiger partial charge in [-0.05, 0) is 52.7 Å². The van der Waals surface area contributed by atoms with Crippen LogP contribution < -0.4 is 4.74 Å². The van der Waals surface area contributed by atoms with Crippen LogP contribution in [-0.2, 0) is 5.88 Å². The highest BCUT2D eigenvalue weighted by molar-refractivity contribution is 9.10. The highest BCUT2D eigenvalue weighted by Crippen LogP contribution is 2.33. The third-order valence-corrected chi connectivity index (χ3v) is 4.11. The number of benzene rings is 2. The van der Waals surface area contributed by atoms with E-state index in [1.54, 1.807) is 0 Å². The maximum Gasteiger partial charge on any atom is 0.224 e. The third-order valence-electron chi connectivity index (χ3n) is 3.20. The Balaban J connectivity index is 2.06. The molecule has 1 heterocycles. The van der Waals surface area contributed by atoms with Gasteiger partial charge in [0, 0.05) is 10.9 Å². The predicted molar refractivity (Wildman–Crippen MR) is 90.3 cm³/mol. The van der Waals surface area contributed by atoms with Crippen molar-refractivity contribution < 1.29 is 4.74 Å². The summed E-state index contributed by atoms with van der Waals surface area (Å²) in [6.07, 6.45) is 0. The number of para-hydroxylation sites is 1. The molecule has 0 unspecified atom stereocenters. The van der Waals surface area contributed by atoms with Gasteiger partial charge >= 0.3 is 0 Å². The Hall–Kier alpha value is -1.58. The van der Waals surface area contributed by atoms with Crippen LogP contribution in [0.3, 0.4) is 0 Å². The number of hydrogen-bond donors (Lipinski definition) is 0. The zero-order valence-corrected chi connectivity index (χ0v) is 13.8. The van der Waals surface area contributed by atoms with Crippen LogP contribution in [-0.4, -0.2) is 4.98 Å². The van der Waals surface area contributed by atoms with E-state index < -0.39 is 0 Å². The maximum atomic E-state index is 6.03. The molecule has 0 saturated heterocycles. The first-order chi connectivity index (χ1) is 10.2. The molecular weight excluding hydrogens is 350 g/mol. The van der Waals surface area contributed by atoms with Gasteiger partial charge in [0.25, 0.3) is 0 Å². The molecule has 0 N–H and O–H groups in total. The number of hydrogen-bond acceptors (Lipinski definition) is 2. The molecule has 0 atom stereocenters. The fourth-order valence-electron chi connectivity index (χ4n) is 2.12. The van der Waals surface area contributed by atoms with Crippen LogP contribution >= 0.6 is 27.5 Å². The summed E-state index contributed by atoms with van der Waals surface area (Å²) in [6.45, 7) is 2.03. The molecule has 0 saturated carbocycles. The van der Waals surface area contributed by atoms with E-state index >= 15 is 0 Å². The SMILES string of the molecule is Cc1ccc(Oc2nc3ccccc3cc2CCl)c(Br)c1. The largest absolute Gasteiger partial charge is 0.437 e. The normalized spacial score (nSPS) is 10.8. The average molecular weight is 363 g/mol. The van der Waals surface area contributed by atoms with Crippen LogP contribution in [0.4, 0.5) is 0 Å². The minimum atomic E-state index is 0.358. The molecule has 2 aromatic carbocycles. The summed E-state index contributed by atoms with van der Waals surface area (Å²) in [6, 6.07) is 15.9. The van der Waals surface area contributed by atoms with Gasteiger partial charge in [0.1, 0.15) is 5.75 Å². The molecule has 0 spiro atoms. The first-order valence-corrected chi connectivity index (χ1v) is 7.89. The van der Waals surface area contributed by atoms with Gasteiger partial charge in [-0.2, -0.15) is 0 Å². The first-order valence-electron chi connectivity index (χ1n) is 6.56. The lowest BCUT2D eigenvalue weighted by atomic mass is 10.1. The van der Waals surface area contributed by atoms with Crippen LogP contribution in [0.15, 0.2) is 53.0 Å². The third kappa shape index (κ3) is 3.04. The van der Waals surface area contributed by atoms with Crippen LogP contribution in [0, 0.1) is 6.92 Å². The summed E-state index contributed by atoms with van der Waals surface area (Å²) >= 11 is 9.55. The van der Waals surface area contributed by atoms with Crippen molar-refractivity contribution in [1.82, 2.24) is 4.98 Å². The molecule has 0 aliphatic carbocycles. The standard InChI is InChI=1S/C17H13BrClNO/c1-11-6-7-16(14(18)8-11)21-17-13(10-19)9-12-4-2-3-5-15(12)20-17/h2-9H,10H2,1H3. The summed E-state index contributed by atoms with van der Waals surface area (Å²) in [4.78, 5) is 4.58. The van der Waals surface area contributed by atoms with E-state index in [0.29, 0.717) is 11.8 Å². The van der Waals surface area contributed by atoms with Crippen molar-refractivity contribution >= 4 is 38.4 Å². The zero-order valence-electron chi connectivity index (χ0n) is 11.4. The van der Waals surface area contributed by atoms with E-state index in [-0.39, 0.29) is 0 Å². The molecule has 0 bridgehead atoms. The summed E-state index contributed by atoms with van der Waals surface area (Å²) in [5, 5.41) is 1.06. The van der Waals surface area contributed by atoms with Crippen molar-refractivity contribution in [3.63, 3.8) is 0 Å². The Kier molecular flexibility index (Phi) is 4.13. The molecule has 4 heteroatoms. The molecule has 2 nitrogen and oxygen atoms in total. The number of aromatic nitrogens is 1. The van der Waals surface area contributed by atoms with Gasteiger partial charge in [-0.25, -0.2) is 4.98 Å². The summed E-state index contributed by atoms with van der Waals surface area (Å²) in [7, 11) is 0. The van der Waals surface area contributed by atoms with Gasteiger partial charge in [-0.1, -0.05) is 24.3 Å². The van der Waals surface area contributed by atoms with Gasteiger partial charge in [-0.3, -0.25) is 0 Å². The van der Waals surface area contributed by atoms with E-state index in [4.69, 9.17) is 16.3 Å². The summed E-state index contributed by atoms with van der Waals surface area (Å²) < 4.78 is 6.85. The quantitative estimate of drug-likeness (QED) is 0.546. The first kappa shape index (κ1) is 14.4. The molecule has 0 aliphatic heterocycles. The number of halogens is 2. The van der Waals surface area contributed by atoms with Crippen molar-refractivity contribution in [3.8, 4) is 11.6 Å². The molecule has 106 valence electrons. The average Bonchev–Trinajstić information content (AvgIpc) is 2.49. The van der Waals surface area contributed by atoms with Gasteiger partial charge in [-0.15, -0.1) is 11.6 Å². The molecule has 0 fully saturated rings. The Bertz CT molecular complexity index is 804. The Labute approximate surface area is 136 Å². The van der Waals surface area contributed by atoms with Gasteiger partial charge < -0.3 is 4.74 Å². The van der Waals surface area contributed by atoms with Crippen molar-refractivity contribution in [2.45, 2.75) is 12.8 Å². The lowest BCUT2D eigenvalue weighted by Crippen LogP contribution is -1.95. The number of pyridine rings is 1. The fraction of sp³-hybridized carbons (Fsp3) is 0.118.